The van der Waals surface area contributed by atoms with E-state index in [9.17, 15) is 9.90 Å². The summed E-state index contributed by atoms with van der Waals surface area (Å²) in [4.78, 5) is 20.8. The van der Waals surface area contributed by atoms with E-state index in [-0.39, 0.29) is 11.5 Å². The Labute approximate surface area is 168 Å². The van der Waals surface area contributed by atoms with E-state index in [4.69, 9.17) is 9.15 Å². The maximum Gasteiger partial charge on any atom is 0.273 e. The molecule has 1 aliphatic rings. The molecule has 8 heteroatoms. The molecule has 1 aromatic rings. The van der Waals surface area contributed by atoms with Crippen molar-refractivity contribution in [1.82, 2.24) is 20.1 Å². The van der Waals surface area contributed by atoms with Gasteiger partial charge in [-0.15, -0.1) is 0 Å². The van der Waals surface area contributed by atoms with Crippen molar-refractivity contribution in [3.63, 3.8) is 0 Å². The van der Waals surface area contributed by atoms with E-state index in [1.807, 2.05) is 34.6 Å². The number of piperazine rings is 1. The van der Waals surface area contributed by atoms with Gasteiger partial charge < -0.3 is 19.6 Å². The van der Waals surface area contributed by atoms with Gasteiger partial charge in [0.25, 0.3) is 5.91 Å². The molecule has 0 bridgehead atoms. The number of nitrogens with zero attached hydrogens (tertiary/aromatic N) is 3. The van der Waals surface area contributed by atoms with Crippen LogP contribution in [0.3, 0.4) is 0 Å². The molecular weight excluding hydrogens is 360 g/mol. The highest BCUT2D eigenvalue weighted by atomic mass is 16.5. The van der Waals surface area contributed by atoms with Crippen molar-refractivity contribution in [3.8, 4) is 0 Å². The number of rotatable bonds is 9. The highest BCUT2D eigenvalue weighted by molar-refractivity contribution is 5.91. The highest BCUT2D eigenvalue weighted by Gasteiger charge is 2.22. The average molecular weight is 397 g/mol. The molecule has 1 amide bonds. The second kappa shape index (κ2) is 10.3. The molecule has 1 aliphatic heterocycles. The largest absolute Gasteiger partial charge is 0.447 e. The summed E-state index contributed by atoms with van der Waals surface area (Å²) in [6.07, 6.45) is 0.941. The fourth-order valence-corrected chi connectivity index (χ4v) is 2.89. The van der Waals surface area contributed by atoms with E-state index in [0.29, 0.717) is 43.7 Å². The van der Waals surface area contributed by atoms with Gasteiger partial charge in [-0.3, -0.25) is 14.6 Å². The molecule has 1 unspecified atom stereocenters. The minimum atomic E-state index is -0.482. The maximum absolute atomic E-state index is 12.0. The van der Waals surface area contributed by atoms with Gasteiger partial charge in [-0.25, -0.2) is 4.98 Å². The summed E-state index contributed by atoms with van der Waals surface area (Å²) in [6.45, 7) is 15.7. The molecule has 2 N–H and O–H groups in total. The lowest BCUT2D eigenvalue weighted by Crippen LogP contribution is -2.49. The van der Waals surface area contributed by atoms with Crippen LogP contribution < -0.4 is 5.32 Å². The molecular formula is C20H36N4O4. The third-order valence-electron chi connectivity index (χ3n) is 4.46. The van der Waals surface area contributed by atoms with Gasteiger partial charge in [0.05, 0.1) is 24.9 Å². The minimum Gasteiger partial charge on any atom is -0.447 e. The van der Waals surface area contributed by atoms with E-state index >= 15 is 0 Å². The van der Waals surface area contributed by atoms with E-state index in [1.165, 1.54) is 6.26 Å². The predicted molar refractivity (Wildman–Crippen MR) is 107 cm³/mol. The van der Waals surface area contributed by atoms with Crippen LogP contribution in [0.25, 0.3) is 0 Å². The smallest absolute Gasteiger partial charge is 0.273 e. The Morgan fingerprint density at radius 1 is 1.29 bits per heavy atom. The molecule has 160 valence electrons. The SMILES string of the molecule is CC(C)CNC(=O)c1coc(CN2CCN(CC(O)COC(C)(C)C)CC2)n1. The number of nitrogens with one attached hydrogen (secondary N) is 1. The van der Waals surface area contributed by atoms with Crippen LogP contribution in [0.15, 0.2) is 10.7 Å². The van der Waals surface area contributed by atoms with Gasteiger partial charge in [-0.1, -0.05) is 13.8 Å². The molecule has 28 heavy (non-hydrogen) atoms. The average Bonchev–Trinajstić information content (AvgIpc) is 3.07. The predicted octanol–water partition coefficient (Wildman–Crippen LogP) is 1.35. The number of oxazole rings is 1. The number of β-amino-alcohol motifs (C(OH)–C–C–N with tert-alkyl or cyclic N) is 1. The lowest BCUT2D eigenvalue weighted by Gasteiger charge is -2.35. The Hall–Kier alpha value is -1.48. The zero-order valence-corrected chi connectivity index (χ0v) is 17.9. The number of aliphatic hydroxyl groups is 1. The van der Waals surface area contributed by atoms with Crippen LogP contribution in [0.1, 0.15) is 51.0 Å². The van der Waals surface area contributed by atoms with Gasteiger partial charge in [-0.2, -0.15) is 0 Å². The Bertz CT molecular complexity index is 604. The fourth-order valence-electron chi connectivity index (χ4n) is 2.89. The molecule has 1 fully saturated rings. The third kappa shape index (κ3) is 8.26. The van der Waals surface area contributed by atoms with Crippen LogP contribution in [0.2, 0.25) is 0 Å². The van der Waals surface area contributed by atoms with Crippen LogP contribution in [-0.4, -0.2) is 83.4 Å². The van der Waals surface area contributed by atoms with Gasteiger partial charge >= 0.3 is 0 Å². The van der Waals surface area contributed by atoms with Crippen molar-refractivity contribution in [2.75, 3.05) is 45.9 Å². The summed E-state index contributed by atoms with van der Waals surface area (Å²) >= 11 is 0. The number of aliphatic hydroxyl groups excluding tert-OH is 1. The zero-order chi connectivity index (χ0) is 20.7. The molecule has 0 aromatic carbocycles. The van der Waals surface area contributed by atoms with E-state index in [2.05, 4.69) is 20.1 Å². The summed E-state index contributed by atoms with van der Waals surface area (Å²) in [6, 6.07) is 0. The van der Waals surface area contributed by atoms with Crippen molar-refractivity contribution in [2.45, 2.75) is 52.9 Å². The number of hydrogen-bond donors (Lipinski definition) is 2. The molecule has 2 rings (SSSR count). The molecule has 1 atom stereocenters. The Balaban J connectivity index is 1.70. The summed E-state index contributed by atoms with van der Waals surface area (Å²) in [5, 5.41) is 13.0. The first-order chi connectivity index (χ1) is 13.1. The topological polar surface area (TPSA) is 91.1 Å². The first-order valence-corrected chi connectivity index (χ1v) is 10.1. The molecule has 1 aromatic heterocycles. The Morgan fingerprint density at radius 3 is 2.54 bits per heavy atom. The molecule has 0 aliphatic carbocycles. The Morgan fingerprint density at radius 2 is 1.93 bits per heavy atom. The van der Waals surface area contributed by atoms with Gasteiger partial charge in [0.15, 0.2) is 5.69 Å². The van der Waals surface area contributed by atoms with E-state index < -0.39 is 6.10 Å². The molecule has 0 spiro atoms. The van der Waals surface area contributed by atoms with Crippen LogP contribution in [0, 0.1) is 5.92 Å². The maximum atomic E-state index is 12.0. The first-order valence-electron chi connectivity index (χ1n) is 10.1. The van der Waals surface area contributed by atoms with Gasteiger partial charge in [0.2, 0.25) is 5.89 Å². The molecule has 1 saturated heterocycles. The summed E-state index contributed by atoms with van der Waals surface area (Å²) in [5.41, 5.74) is 0.0940. The Kier molecular flexibility index (Phi) is 8.42. The van der Waals surface area contributed by atoms with E-state index in [1.54, 1.807) is 0 Å². The number of ether oxygens (including phenoxy) is 1. The lowest BCUT2D eigenvalue weighted by molar-refractivity contribution is -0.0588. The van der Waals surface area contributed by atoms with Crippen LogP contribution >= 0.6 is 0 Å². The number of hydrogen-bond acceptors (Lipinski definition) is 7. The number of carbonyl (C=O) groups excluding carboxylic acids is 1. The molecule has 2 heterocycles. The van der Waals surface area contributed by atoms with Crippen molar-refractivity contribution in [1.29, 1.82) is 0 Å². The minimum absolute atomic E-state index is 0.194. The lowest BCUT2D eigenvalue weighted by atomic mass is 10.2. The number of carbonyl (C=O) groups is 1. The normalized spacial score (nSPS) is 17.8. The second-order valence-corrected chi connectivity index (χ2v) is 8.88. The number of amides is 1. The van der Waals surface area contributed by atoms with Crippen molar-refractivity contribution in [3.05, 3.63) is 17.8 Å². The fraction of sp³-hybridized carbons (Fsp3) is 0.800. The summed E-state index contributed by atoms with van der Waals surface area (Å²) in [5.74, 6) is 0.756. The first kappa shape index (κ1) is 22.8. The summed E-state index contributed by atoms with van der Waals surface area (Å²) < 4.78 is 11.1. The van der Waals surface area contributed by atoms with Crippen molar-refractivity contribution >= 4 is 5.91 Å². The van der Waals surface area contributed by atoms with Crippen molar-refractivity contribution in [2.24, 2.45) is 5.92 Å². The zero-order valence-electron chi connectivity index (χ0n) is 17.9. The number of aromatic nitrogens is 1. The van der Waals surface area contributed by atoms with Gasteiger partial charge in [0, 0.05) is 39.3 Å². The third-order valence-corrected chi connectivity index (χ3v) is 4.46. The van der Waals surface area contributed by atoms with Crippen LogP contribution in [-0.2, 0) is 11.3 Å². The molecule has 8 nitrogen and oxygen atoms in total. The van der Waals surface area contributed by atoms with E-state index in [0.717, 1.165) is 26.2 Å². The van der Waals surface area contributed by atoms with Crippen LogP contribution in [0.5, 0.6) is 0 Å². The molecule has 0 saturated carbocycles. The second-order valence-electron chi connectivity index (χ2n) is 8.88. The molecule has 0 radical (unpaired) electrons. The highest BCUT2D eigenvalue weighted by Crippen LogP contribution is 2.11. The van der Waals surface area contributed by atoms with Gasteiger partial charge in [-0.05, 0) is 26.7 Å². The van der Waals surface area contributed by atoms with Gasteiger partial charge in [0.1, 0.15) is 6.26 Å². The summed E-state index contributed by atoms with van der Waals surface area (Å²) in [7, 11) is 0. The van der Waals surface area contributed by atoms with Crippen molar-refractivity contribution < 1.29 is 19.1 Å². The monoisotopic (exact) mass is 396 g/mol. The standard InChI is InChI=1S/C20H36N4O4/c1-15(2)10-21-19(26)17-14-27-18(22-17)12-24-8-6-23(7-9-24)11-16(25)13-28-20(3,4)5/h14-16,25H,6-13H2,1-5H3,(H,21,26). The quantitative estimate of drug-likeness (QED) is 0.651. The van der Waals surface area contributed by atoms with Crippen LogP contribution in [0.4, 0.5) is 0 Å².